The summed E-state index contributed by atoms with van der Waals surface area (Å²) >= 11 is 0. The van der Waals surface area contributed by atoms with Crippen LogP contribution < -0.4 is 10.1 Å². The van der Waals surface area contributed by atoms with E-state index in [9.17, 15) is 0 Å². The Morgan fingerprint density at radius 3 is 2.85 bits per heavy atom. The number of ether oxygens (including phenoxy) is 2. The summed E-state index contributed by atoms with van der Waals surface area (Å²) in [5.74, 6) is 1.63. The van der Waals surface area contributed by atoms with Crippen LogP contribution >= 0.6 is 0 Å². The van der Waals surface area contributed by atoms with Gasteiger partial charge in [-0.3, -0.25) is 0 Å². The van der Waals surface area contributed by atoms with Gasteiger partial charge in [-0.1, -0.05) is 26.0 Å². The molecule has 20 heavy (non-hydrogen) atoms. The highest BCUT2D eigenvalue weighted by molar-refractivity contribution is 5.27. The number of nitrogens with one attached hydrogen (secondary N) is 1. The molecule has 0 aromatic heterocycles. The maximum Gasteiger partial charge on any atom is 0.119 e. The molecule has 0 bridgehead atoms. The minimum atomic E-state index is 0.237. The predicted molar refractivity (Wildman–Crippen MR) is 82.3 cm³/mol. The van der Waals surface area contributed by atoms with E-state index in [0.29, 0.717) is 18.6 Å². The molecule has 2 unspecified atom stereocenters. The highest BCUT2D eigenvalue weighted by Crippen LogP contribution is 2.21. The van der Waals surface area contributed by atoms with Gasteiger partial charge in [0, 0.05) is 6.54 Å². The molecule has 1 heterocycles. The zero-order valence-corrected chi connectivity index (χ0v) is 12.9. The quantitative estimate of drug-likeness (QED) is 0.830. The van der Waals surface area contributed by atoms with Crippen molar-refractivity contribution in [3.63, 3.8) is 0 Å². The molecule has 0 spiro atoms. The standard InChI is InChI=1S/C17H27NO2/c1-13(2)10-18-11-16-7-8-17(20-16)12-19-15-6-4-5-14(3)9-15/h4-6,9,13,16-18H,7-8,10-12H2,1-3H3. The molecule has 1 saturated heterocycles. The first-order valence-corrected chi connectivity index (χ1v) is 7.69. The van der Waals surface area contributed by atoms with Crippen molar-refractivity contribution < 1.29 is 9.47 Å². The fourth-order valence-electron chi connectivity index (χ4n) is 2.48. The molecule has 1 aromatic carbocycles. The molecule has 1 fully saturated rings. The second-order valence-electron chi connectivity index (χ2n) is 6.14. The van der Waals surface area contributed by atoms with Gasteiger partial charge >= 0.3 is 0 Å². The van der Waals surface area contributed by atoms with Gasteiger partial charge in [-0.2, -0.15) is 0 Å². The van der Waals surface area contributed by atoms with Gasteiger partial charge in [-0.15, -0.1) is 0 Å². The summed E-state index contributed by atoms with van der Waals surface area (Å²) in [7, 11) is 0. The van der Waals surface area contributed by atoms with E-state index in [1.807, 2.05) is 12.1 Å². The zero-order chi connectivity index (χ0) is 14.4. The second kappa shape index (κ2) is 7.65. The molecule has 1 aliphatic rings. The summed E-state index contributed by atoms with van der Waals surface area (Å²) in [4.78, 5) is 0. The van der Waals surface area contributed by atoms with E-state index in [0.717, 1.165) is 31.7 Å². The van der Waals surface area contributed by atoms with E-state index in [1.54, 1.807) is 0 Å². The van der Waals surface area contributed by atoms with Gasteiger partial charge in [0.05, 0.1) is 12.2 Å². The summed E-state index contributed by atoms with van der Waals surface area (Å²) in [5.41, 5.74) is 1.23. The Labute approximate surface area is 122 Å². The molecule has 2 atom stereocenters. The van der Waals surface area contributed by atoms with Crippen molar-refractivity contribution in [3.8, 4) is 5.75 Å². The van der Waals surface area contributed by atoms with Crippen LogP contribution in [0.2, 0.25) is 0 Å². The largest absolute Gasteiger partial charge is 0.491 e. The monoisotopic (exact) mass is 277 g/mol. The van der Waals surface area contributed by atoms with E-state index in [-0.39, 0.29) is 6.10 Å². The molecule has 1 aliphatic heterocycles. The van der Waals surface area contributed by atoms with Crippen LogP contribution in [0.1, 0.15) is 32.3 Å². The topological polar surface area (TPSA) is 30.5 Å². The summed E-state index contributed by atoms with van der Waals surface area (Å²) in [6.07, 6.45) is 2.81. The van der Waals surface area contributed by atoms with Crippen molar-refractivity contribution >= 4 is 0 Å². The van der Waals surface area contributed by atoms with Crippen LogP contribution in [-0.4, -0.2) is 31.9 Å². The van der Waals surface area contributed by atoms with Crippen molar-refractivity contribution in [2.45, 2.75) is 45.8 Å². The lowest BCUT2D eigenvalue weighted by Crippen LogP contribution is -2.30. The number of rotatable bonds is 7. The molecular weight excluding hydrogens is 250 g/mol. The van der Waals surface area contributed by atoms with Crippen LogP contribution in [-0.2, 0) is 4.74 Å². The molecule has 0 saturated carbocycles. The summed E-state index contributed by atoms with van der Waals surface area (Å²) < 4.78 is 11.8. The van der Waals surface area contributed by atoms with Gasteiger partial charge < -0.3 is 14.8 Å². The molecule has 0 amide bonds. The van der Waals surface area contributed by atoms with Crippen LogP contribution in [0.5, 0.6) is 5.75 Å². The third kappa shape index (κ3) is 5.14. The summed E-state index contributed by atoms with van der Waals surface area (Å²) in [6, 6.07) is 8.18. The van der Waals surface area contributed by atoms with Crippen molar-refractivity contribution in [2.75, 3.05) is 19.7 Å². The van der Waals surface area contributed by atoms with E-state index in [2.05, 4.69) is 38.2 Å². The average molecular weight is 277 g/mol. The smallest absolute Gasteiger partial charge is 0.119 e. The van der Waals surface area contributed by atoms with Crippen LogP contribution in [0.25, 0.3) is 0 Å². The fraction of sp³-hybridized carbons (Fsp3) is 0.647. The Bertz CT molecular complexity index is 406. The van der Waals surface area contributed by atoms with Crippen LogP contribution in [0, 0.1) is 12.8 Å². The first-order chi connectivity index (χ1) is 9.63. The zero-order valence-electron chi connectivity index (χ0n) is 12.9. The molecule has 112 valence electrons. The maximum absolute atomic E-state index is 6.01. The lowest BCUT2D eigenvalue weighted by molar-refractivity contribution is 0.0184. The van der Waals surface area contributed by atoms with Crippen LogP contribution in [0.15, 0.2) is 24.3 Å². The number of aryl methyl sites for hydroxylation is 1. The Morgan fingerprint density at radius 1 is 1.30 bits per heavy atom. The lowest BCUT2D eigenvalue weighted by atomic mass is 10.2. The SMILES string of the molecule is Cc1cccc(OCC2CCC(CNCC(C)C)O2)c1. The van der Waals surface area contributed by atoms with Crippen molar-refractivity contribution in [1.29, 1.82) is 0 Å². The molecule has 0 aliphatic carbocycles. The maximum atomic E-state index is 6.01. The summed E-state index contributed by atoms with van der Waals surface area (Å²) in [6.45, 7) is 9.20. The first-order valence-electron chi connectivity index (χ1n) is 7.69. The number of benzene rings is 1. The fourth-order valence-corrected chi connectivity index (χ4v) is 2.48. The second-order valence-corrected chi connectivity index (χ2v) is 6.14. The highest BCUT2D eigenvalue weighted by Gasteiger charge is 2.25. The van der Waals surface area contributed by atoms with E-state index < -0.39 is 0 Å². The molecule has 1 aromatic rings. The molecule has 3 nitrogen and oxygen atoms in total. The Hall–Kier alpha value is -1.06. The van der Waals surface area contributed by atoms with Crippen molar-refractivity contribution in [1.82, 2.24) is 5.32 Å². The Balaban J connectivity index is 1.66. The highest BCUT2D eigenvalue weighted by atomic mass is 16.5. The average Bonchev–Trinajstić information content (AvgIpc) is 2.84. The van der Waals surface area contributed by atoms with E-state index >= 15 is 0 Å². The Morgan fingerprint density at radius 2 is 2.10 bits per heavy atom. The van der Waals surface area contributed by atoms with Gasteiger partial charge in [-0.05, 0) is 49.9 Å². The molecule has 3 heteroatoms. The predicted octanol–water partition coefficient (Wildman–Crippen LogP) is 3.17. The van der Waals surface area contributed by atoms with Gasteiger partial charge in [0.25, 0.3) is 0 Å². The minimum Gasteiger partial charge on any atom is -0.491 e. The summed E-state index contributed by atoms with van der Waals surface area (Å²) in [5, 5.41) is 3.46. The molecule has 0 radical (unpaired) electrons. The van der Waals surface area contributed by atoms with Gasteiger partial charge in [0.15, 0.2) is 0 Å². The number of hydrogen-bond acceptors (Lipinski definition) is 3. The van der Waals surface area contributed by atoms with Gasteiger partial charge in [0.2, 0.25) is 0 Å². The Kier molecular flexibility index (Phi) is 5.86. The normalized spacial score (nSPS) is 22.4. The third-order valence-corrected chi connectivity index (χ3v) is 3.55. The molecule has 2 rings (SSSR count). The van der Waals surface area contributed by atoms with Crippen molar-refractivity contribution in [2.24, 2.45) is 5.92 Å². The molecule has 1 N–H and O–H groups in total. The minimum absolute atomic E-state index is 0.237. The number of hydrogen-bond donors (Lipinski definition) is 1. The third-order valence-electron chi connectivity index (χ3n) is 3.55. The van der Waals surface area contributed by atoms with Crippen molar-refractivity contribution in [3.05, 3.63) is 29.8 Å². The molecular formula is C17H27NO2. The van der Waals surface area contributed by atoms with E-state index in [1.165, 1.54) is 5.56 Å². The van der Waals surface area contributed by atoms with Gasteiger partial charge in [-0.25, -0.2) is 0 Å². The first kappa shape index (κ1) is 15.3. The van der Waals surface area contributed by atoms with Crippen LogP contribution in [0.4, 0.5) is 0 Å². The lowest BCUT2D eigenvalue weighted by Gasteiger charge is -2.16. The van der Waals surface area contributed by atoms with E-state index in [4.69, 9.17) is 9.47 Å². The van der Waals surface area contributed by atoms with Gasteiger partial charge in [0.1, 0.15) is 12.4 Å². The van der Waals surface area contributed by atoms with Crippen LogP contribution in [0.3, 0.4) is 0 Å².